The Labute approximate surface area is 124 Å². The van der Waals surface area contributed by atoms with Crippen LogP contribution in [0.5, 0.6) is 0 Å². The predicted molar refractivity (Wildman–Crippen MR) is 76.1 cm³/mol. The average molecular weight is 362 g/mol. The maximum Gasteiger partial charge on any atom is 0.264 e. The van der Waals surface area contributed by atoms with Crippen molar-refractivity contribution in [3.63, 3.8) is 0 Å². The van der Waals surface area contributed by atoms with Gasteiger partial charge in [-0.15, -0.1) is 0 Å². The van der Waals surface area contributed by atoms with Crippen LogP contribution in [-0.4, -0.2) is 15.5 Å². The lowest BCUT2D eigenvalue weighted by atomic mass is 10.3. The van der Waals surface area contributed by atoms with Crippen LogP contribution < -0.4 is 4.31 Å². The van der Waals surface area contributed by atoms with Crippen molar-refractivity contribution in [3.8, 4) is 0 Å². The maximum atomic E-state index is 13.7. The monoisotopic (exact) mass is 361 g/mol. The topological polar surface area (TPSA) is 37.4 Å². The van der Waals surface area contributed by atoms with E-state index in [0.29, 0.717) is 6.07 Å². The van der Waals surface area contributed by atoms with E-state index < -0.39 is 21.7 Å². The zero-order valence-corrected chi connectivity index (χ0v) is 12.7. The fourth-order valence-electron chi connectivity index (χ4n) is 1.63. The van der Waals surface area contributed by atoms with Gasteiger partial charge in [-0.1, -0.05) is 15.9 Å². The smallest absolute Gasteiger partial charge is 0.264 e. The zero-order chi connectivity index (χ0) is 14.9. The Kier molecular flexibility index (Phi) is 4.10. The van der Waals surface area contributed by atoms with E-state index in [-0.39, 0.29) is 10.6 Å². The van der Waals surface area contributed by atoms with Gasteiger partial charge in [-0.05, 0) is 36.4 Å². The maximum absolute atomic E-state index is 13.7. The molecule has 0 amide bonds. The van der Waals surface area contributed by atoms with E-state index in [1.165, 1.54) is 19.2 Å². The minimum Gasteiger partial charge on any atom is -0.266 e. The van der Waals surface area contributed by atoms with Gasteiger partial charge in [0.25, 0.3) is 10.0 Å². The van der Waals surface area contributed by atoms with Crippen LogP contribution in [0.4, 0.5) is 14.5 Å². The number of sulfonamides is 1. The Morgan fingerprint density at radius 2 is 1.65 bits per heavy atom. The first-order valence-electron chi connectivity index (χ1n) is 5.52. The molecule has 0 saturated carbocycles. The van der Waals surface area contributed by atoms with E-state index in [4.69, 9.17) is 0 Å². The predicted octanol–water partition coefficient (Wildman–Crippen LogP) is 3.55. The highest BCUT2D eigenvalue weighted by Gasteiger charge is 2.23. The molecule has 0 fully saturated rings. The number of anilines is 1. The summed E-state index contributed by atoms with van der Waals surface area (Å²) in [5, 5.41) is 0. The number of hydrogen-bond donors (Lipinski definition) is 0. The second kappa shape index (κ2) is 5.49. The summed E-state index contributed by atoms with van der Waals surface area (Å²) in [5.41, 5.74) is -0.214. The molecule has 0 unspecified atom stereocenters. The van der Waals surface area contributed by atoms with Gasteiger partial charge in [-0.3, -0.25) is 4.31 Å². The van der Waals surface area contributed by atoms with Crippen LogP contribution in [0.15, 0.2) is 51.8 Å². The molecular weight excluding hydrogens is 352 g/mol. The third kappa shape index (κ3) is 2.83. The summed E-state index contributed by atoms with van der Waals surface area (Å²) >= 11 is 3.20. The molecule has 2 aromatic carbocycles. The van der Waals surface area contributed by atoms with Crippen molar-refractivity contribution in [1.29, 1.82) is 0 Å². The third-order valence-corrected chi connectivity index (χ3v) is 5.04. The second-order valence-corrected chi connectivity index (χ2v) is 6.91. The quantitative estimate of drug-likeness (QED) is 0.838. The van der Waals surface area contributed by atoms with Gasteiger partial charge in [0.05, 0.1) is 10.6 Å². The van der Waals surface area contributed by atoms with Gasteiger partial charge in [0.1, 0.15) is 11.6 Å². The molecule has 2 aromatic rings. The number of benzene rings is 2. The van der Waals surface area contributed by atoms with Crippen LogP contribution in [0.3, 0.4) is 0 Å². The van der Waals surface area contributed by atoms with Crippen LogP contribution in [0, 0.1) is 11.6 Å². The molecule has 0 heterocycles. The van der Waals surface area contributed by atoms with Gasteiger partial charge in [0, 0.05) is 17.6 Å². The van der Waals surface area contributed by atoms with Crippen LogP contribution >= 0.6 is 15.9 Å². The van der Waals surface area contributed by atoms with Crippen molar-refractivity contribution in [3.05, 3.63) is 58.6 Å². The average Bonchev–Trinajstić information content (AvgIpc) is 2.38. The van der Waals surface area contributed by atoms with Crippen molar-refractivity contribution >= 4 is 31.6 Å². The lowest BCUT2D eigenvalue weighted by Gasteiger charge is -2.20. The molecule has 106 valence electrons. The summed E-state index contributed by atoms with van der Waals surface area (Å²) in [6.45, 7) is 0. The van der Waals surface area contributed by atoms with Crippen molar-refractivity contribution in [1.82, 2.24) is 0 Å². The third-order valence-electron chi connectivity index (χ3n) is 2.72. The van der Waals surface area contributed by atoms with Crippen LogP contribution in [0.1, 0.15) is 0 Å². The lowest BCUT2D eigenvalue weighted by Crippen LogP contribution is -2.27. The van der Waals surface area contributed by atoms with Crippen LogP contribution in [0.25, 0.3) is 0 Å². The molecule has 0 saturated heterocycles. The van der Waals surface area contributed by atoms with E-state index in [1.807, 2.05) is 0 Å². The van der Waals surface area contributed by atoms with Gasteiger partial charge in [0.15, 0.2) is 0 Å². The fraction of sp³-hybridized carbons (Fsp3) is 0.0769. The van der Waals surface area contributed by atoms with Gasteiger partial charge < -0.3 is 0 Å². The van der Waals surface area contributed by atoms with Crippen LogP contribution in [-0.2, 0) is 10.0 Å². The van der Waals surface area contributed by atoms with Gasteiger partial charge in [-0.25, -0.2) is 17.2 Å². The fourth-order valence-corrected chi connectivity index (χ4v) is 3.10. The SMILES string of the molecule is CN(c1ccc(F)cc1F)S(=O)(=O)c1ccc(Br)cc1. The highest BCUT2D eigenvalue weighted by atomic mass is 79.9. The van der Waals surface area contributed by atoms with Crippen molar-refractivity contribution < 1.29 is 17.2 Å². The molecular formula is C13H10BrF2NO2S. The Morgan fingerprint density at radius 3 is 2.20 bits per heavy atom. The minimum absolute atomic E-state index is 0.0203. The molecule has 0 N–H and O–H groups in total. The Balaban J connectivity index is 2.45. The molecule has 0 spiro atoms. The molecule has 7 heteroatoms. The molecule has 3 nitrogen and oxygen atoms in total. The molecule has 0 atom stereocenters. The normalized spacial score (nSPS) is 11.4. The molecule has 2 rings (SSSR count). The number of hydrogen-bond acceptors (Lipinski definition) is 2. The van der Waals surface area contributed by atoms with Gasteiger partial charge in [0.2, 0.25) is 0 Å². The number of nitrogens with zero attached hydrogens (tertiary/aromatic N) is 1. The van der Waals surface area contributed by atoms with Crippen molar-refractivity contribution in [2.24, 2.45) is 0 Å². The van der Waals surface area contributed by atoms with Gasteiger partial charge >= 0.3 is 0 Å². The summed E-state index contributed by atoms with van der Waals surface area (Å²) in [4.78, 5) is 0.0203. The summed E-state index contributed by atoms with van der Waals surface area (Å²) < 4.78 is 52.7. The molecule has 0 bridgehead atoms. The zero-order valence-electron chi connectivity index (χ0n) is 10.3. The molecule has 0 aliphatic rings. The summed E-state index contributed by atoms with van der Waals surface area (Å²) in [6, 6.07) is 8.67. The molecule has 0 aliphatic heterocycles. The van der Waals surface area contributed by atoms with E-state index in [2.05, 4.69) is 15.9 Å². The Bertz CT molecular complexity index is 733. The van der Waals surface area contributed by atoms with Crippen molar-refractivity contribution in [2.45, 2.75) is 4.90 Å². The van der Waals surface area contributed by atoms with Gasteiger partial charge in [-0.2, -0.15) is 0 Å². The largest absolute Gasteiger partial charge is 0.266 e. The first-order chi connectivity index (χ1) is 9.32. The Morgan fingerprint density at radius 1 is 1.05 bits per heavy atom. The number of rotatable bonds is 3. The number of halogens is 3. The standard InChI is InChI=1S/C13H10BrF2NO2S/c1-17(13-7-4-10(15)8-12(13)16)20(18,19)11-5-2-9(14)3-6-11/h2-8H,1H3. The minimum atomic E-state index is -3.89. The van der Waals surface area contributed by atoms with E-state index >= 15 is 0 Å². The van der Waals surface area contributed by atoms with Crippen LogP contribution in [0.2, 0.25) is 0 Å². The second-order valence-electron chi connectivity index (χ2n) is 4.02. The van der Waals surface area contributed by atoms with Crippen molar-refractivity contribution in [2.75, 3.05) is 11.4 Å². The van der Waals surface area contributed by atoms with E-state index in [9.17, 15) is 17.2 Å². The molecule has 20 heavy (non-hydrogen) atoms. The summed E-state index contributed by atoms with van der Waals surface area (Å²) in [7, 11) is -2.68. The highest BCUT2D eigenvalue weighted by Crippen LogP contribution is 2.26. The summed E-state index contributed by atoms with van der Waals surface area (Å²) in [6.07, 6.45) is 0. The van der Waals surface area contributed by atoms with E-state index in [0.717, 1.165) is 20.9 Å². The first kappa shape index (κ1) is 14.9. The molecule has 0 aromatic heterocycles. The summed E-state index contributed by atoms with van der Waals surface area (Å²) in [5.74, 6) is -1.70. The lowest BCUT2D eigenvalue weighted by molar-refractivity contribution is 0.577. The van der Waals surface area contributed by atoms with E-state index in [1.54, 1.807) is 12.1 Å². The highest BCUT2D eigenvalue weighted by molar-refractivity contribution is 9.10. The molecule has 0 aliphatic carbocycles. The Hall–Kier alpha value is -1.47. The first-order valence-corrected chi connectivity index (χ1v) is 7.75. The molecule has 0 radical (unpaired) electrons.